The van der Waals surface area contributed by atoms with Crippen LogP contribution in [0.1, 0.15) is 59.5 Å². The zero-order valence-electron chi connectivity index (χ0n) is 21.7. The first-order valence-corrected chi connectivity index (χ1v) is 13.0. The molecule has 3 aromatic rings. The van der Waals surface area contributed by atoms with Gasteiger partial charge in [0.15, 0.2) is 11.5 Å². The lowest BCUT2D eigenvalue weighted by Crippen LogP contribution is -2.15. The van der Waals surface area contributed by atoms with E-state index < -0.39 is 11.9 Å². The maximum Gasteiger partial charge on any atom is 0.341 e. The molecule has 2 aromatic carbocycles. The number of anilines is 1. The maximum absolute atomic E-state index is 13.4. The minimum absolute atomic E-state index is 0.225. The molecule has 0 fully saturated rings. The van der Waals surface area contributed by atoms with E-state index in [0.29, 0.717) is 58.8 Å². The van der Waals surface area contributed by atoms with E-state index >= 15 is 0 Å². The minimum atomic E-state index is -0.487. The van der Waals surface area contributed by atoms with Crippen molar-refractivity contribution in [2.24, 2.45) is 0 Å². The molecular weight excluding hydrogens is 478 g/mol. The van der Waals surface area contributed by atoms with Crippen LogP contribution >= 0.6 is 11.3 Å². The summed E-state index contributed by atoms with van der Waals surface area (Å²) in [5, 5.41) is 5.18. The molecule has 0 aliphatic carbocycles. The Morgan fingerprint density at radius 2 is 1.47 bits per heavy atom. The largest absolute Gasteiger partial charge is 0.490 e. The Kier molecular flexibility index (Phi) is 9.36. The molecule has 3 rings (SSSR count). The van der Waals surface area contributed by atoms with Gasteiger partial charge < -0.3 is 24.3 Å². The third-order valence-electron chi connectivity index (χ3n) is 5.49. The van der Waals surface area contributed by atoms with Crippen molar-refractivity contribution >= 4 is 28.2 Å². The molecule has 8 heteroatoms. The van der Waals surface area contributed by atoms with Gasteiger partial charge in [-0.2, -0.15) is 0 Å². The van der Waals surface area contributed by atoms with Gasteiger partial charge in [-0.05, 0) is 70.4 Å². The highest BCUT2D eigenvalue weighted by Gasteiger charge is 2.25. The number of nitrogens with one attached hydrogen (secondary N) is 1. The van der Waals surface area contributed by atoms with Gasteiger partial charge in [0.2, 0.25) is 5.75 Å². The number of benzene rings is 2. The number of ether oxygens (including phenoxy) is 4. The fraction of sp³-hybridized carbons (Fsp3) is 0.357. The number of rotatable bonds is 11. The molecule has 192 valence electrons. The second-order valence-electron chi connectivity index (χ2n) is 7.93. The molecule has 0 radical (unpaired) electrons. The van der Waals surface area contributed by atoms with Crippen LogP contribution in [0.5, 0.6) is 17.2 Å². The van der Waals surface area contributed by atoms with Crippen LogP contribution in [0.3, 0.4) is 0 Å². The van der Waals surface area contributed by atoms with E-state index in [4.69, 9.17) is 18.9 Å². The Labute approximate surface area is 216 Å². The molecule has 0 aliphatic rings. The molecule has 0 spiro atoms. The van der Waals surface area contributed by atoms with Gasteiger partial charge >= 0.3 is 5.97 Å². The quantitative estimate of drug-likeness (QED) is 0.290. The van der Waals surface area contributed by atoms with Crippen molar-refractivity contribution in [3.8, 4) is 28.4 Å². The molecule has 0 unspecified atom stereocenters. The summed E-state index contributed by atoms with van der Waals surface area (Å²) >= 11 is 1.28. The summed E-state index contributed by atoms with van der Waals surface area (Å²) in [7, 11) is 0. The van der Waals surface area contributed by atoms with E-state index in [2.05, 4.69) is 5.32 Å². The van der Waals surface area contributed by atoms with Crippen LogP contribution < -0.4 is 19.5 Å². The van der Waals surface area contributed by atoms with Crippen molar-refractivity contribution in [3.63, 3.8) is 0 Å². The fourth-order valence-corrected chi connectivity index (χ4v) is 4.62. The fourth-order valence-electron chi connectivity index (χ4n) is 3.67. The molecule has 1 aromatic heterocycles. The van der Waals surface area contributed by atoms with Crippen molar-refractivity contribution in [1.29, 1.82) is 0 Å². The average Bonchev–Trinajstić information content (AvgIpc) is 3.26. The molecule has 1 N–H and O–H groups in total. The second kappa shape index (κ2) is 12.4. The summed E-state index contributed by atoms with van der Waals surface area (Å²) in [6.45, 7) is 12.8. The van der Waals surface area contributed by atoms with Crippen molar-refractivity contribution < 1.29 is 28.5 Å². The van der Waals surface area contributed by atoms with Gasteiger partial charge in [-0.1, -0.05) is 18.2 Å². The molecule has 36 heavy (non-hydrogen) atoms. The number of hydrogen-bond donors (Lipinski definition) is 1. The molecule has 0 saturated heterocycles. The molecule has 1 amide bonds. The van der Waals surface area contributed by atoms with Crippen molar-refractivity contribution in [2.75, 3.05) is 31.7 Å². The highest BCUT2D eigenvalue weighted by molar-refractivity contribution is 7.15. The number of aryl methyl sites for hydroxylation is 2. The third kappa shape index (κ3) is 5.99. The zero-order valence-corrected chi connectivity index (χ0v) is 22.5. The topological polar surface area (TPSA) is 83.1 Å². The number of hydrogen-bond acceptors (Lipinski definition) is 7. The van der Waals surface area contributed by atoms with E-state index in [1.54, 1.807) is 19.1 Å². The van der Waals surface area contributed by atoms with Gasteiger partial charge in [-0.3, -0.25) is 4.79 Å². The van der Waals surface area contributed by atoms with Crippen molar-refractivity contribution in [1.82, 2.24) is 0 Å². The predicted molar refractivity (Wildman–Crippen MR) is 143 cm³/mol. The van der Waals surface area contributed by atoms with Gasteiger partial charge in [0, 0.05) is 16.5 Å². The highest BCUT2D eigenvalue weighted by Crippen LogP contribution is 2.40. The zero-order chi connectivity index (χ0) is 26.2. The number of carbonyl (C=O) groups is 2. The Morgan fingerprint density at radius 1 is 0.833 bits per heavy atom. The van der Waals surface area contributed by atoms with Crippen molar-refractivity contribution in [3.05, 3.63) is 58.0 Å². The lowest BCUT2D eigenvalue weighted by atomic mass is 9.99. The Hall–Kier alpha value is -3.52. The van der Waals surface area contributed by atoms with Crippen LogP contribution in [0.2, 0.25) is 0 Å². The van der Waals surface area contributed by atoms with E-state index in [0.717, 1.165) is 16.7 Å². The molecule has 1 heterocycles. The van der Waals surface area contributed by atoms with Gasteiger partial charge in [-0.25, -0.2) is 4.79 Å². The van der Waals surface area contributed by atoms with Gasteiger partial charge in [0.25, 0.3) is 5.91 Å². The molecular formula is C28H33NO6S. The smallest absolute Gasteiger partial charge is 0.341 e. The van der Waals surface area contributed by atoms with Crippen LogP contribution in [0, 0.1) is 13.8 Å². The molecule has 0 bridgehead atoms. The lowest BCUT2D eigenvalue weighted by molar-refractivity contribution is 0.0529. The van der Waals surface area contributed by atoms with Crippen LogP contribution in [0.4, 0.5) is 5.00 Å². The van der Waals surface area contributed by atoms with Crippen LogP contribution in [-0.4, -0.2) is 38.3 Å². The van der Waals surface area contributed by atoms with E-state index in [1.807, 2.05) is 58.2 Å². The molecule has 0 atom stereocenters. The summed E-state index contributed by atoms with van der Waals surface area (Å²) in [6.07, 6.45) is 0. The van der Waals surface area contributed by atoms with Crippen molar-refractivity contribution in [2.45, 2.75) is 41.5 Å². The summed E-state index contributed by atoms with van der Waals surface area (Å²) < 4.78 is 22.5. The van der Waals surface area contributed by atoms with Gasteiger partial charge in [0.05, 0.1) is 26.4 Å². The Balaban J connectivity index is 2.03. The third-order valence-corrected chi connectivity index (χ3v) is 6.38. The average molecular weight is 512 g/mol. The number of carbonyl (C=O) groups excluding carboxylic acids is 2. The predicted octanol–water partition coefficient (Wildman–Crippen LogP) is 6.66. The maximum atomic E-state index is 13.4. The number of amides is 1. The van der Waals surface area contributed by atoms with Crippen LogP contribution in [-0.2, 0) is 4.74 Å². The molecule has 0 aliphatic heterocycles. The number of thiophene rings is 1. The van der Waals surface area contributed by atoms with Gasteiger partial charge in [0.1, 0.15) is 10.6 Å². The first-order chi connectivity index (χ1) is 17.3. The van der Waals surface area contributed by atoms with Crippen LogP contribution in [0.15, 0.2) is 35.7 Å². The monoisotopic (exact) mass is 511 g/mol. The SMILES string of the molecule is CCOC(=O)c1c(-c2ccc(C)c(C)c2)csc1NC(=O)c1cc(OCC)c(OCC)c(OCC)c1. The molecule has 7 nitrogen and oxygen atoms in total. The second-order valence-corrected chi connectivity index (χ2v) is 8.81. The standard InChI is InChI=1S/C28H33NO6S/c1-7-32-22-14-20(15-23(33-8-2)25(22)34-9-3)26(30)29-27-24(28(31)35-10-4)21(16-36-27)19-12-11-17(5)18(6)13-19/h11-16H,7-10H2,1-6H3,(H,29,30). The first kappa shape index (κ1) is 27.1. The Bertz CT molecular complexity index is 1210. The van der Waals surface area contributed by atoms with Gasteiger partial charge in [-0.15, -0.1) is 11.3 Å². The van der Waals surface area contributed by atoms with Crippen LogP contribution in [0.25, 0.3) is 11.1 Å². The Morgan fingerprint density at radius 3 is 2.03 bits per heavy atom. The summed E-state index contributed by atoms with van der Waals surface area (Å²) in [5.41, 5.74) is 4.52. The van der Waals surface area contributed by atoms with E-state index in [-0.39, 0.29) is 6.61 Å². The van der Waals surface area contributed by atoms with E-state index in [9.17, 15) is 9.59 Å². The minimum Gasteiger partial charge on any atom is -0.490 e. The normalized spacial score (nSPS) is 10.6. The highest BCUT2D eigenvalue weighted by atomic mass is 32.1. The number of esters is 1. The summed E-state index contributed by atoms with van der Waals surface area (Å²) in [6, 6.07) is 9.25. The summed E-state index contributed by atoms with van der Waals surface area (Å²) in [4.78, 5) is 26.3. The van der Waals surface area contributed by atoms with E-state index in [1.165, 1.54) is 11.3 Å². The lowest BCUT2D eigenvalue weighted by Gasteiger charge is -2.17. The summed E-state index contributed by atoms with van der Waals surface area (Å²) in [5.74, 6) is 0.405. The molecule has 0 saturated carbocycles. The first-order valence-electron chi connectivity index (χ1n) is 12.1.